The molecule has 0 aliphatic carbocycles. The summed E-state index contributed by atoms with van der Waals surface area (Å²) in [6, 6.07) is 3.73. The zero-order chi connectivity index (χ0) is 20.6. The highest BCUT2D eigenvalue weighted by molar-refractivity contribution is 5.84. The van der Waals surface area contributed by atoms with Crippen molar-refractivity contribution in [3.05, 3.63) is 24.0 Å². The third kappa shape index (κ3) is 8.47. The molecule has 0 bridgehead atoms. The van der Waals surface area contributed by atoms with E-state index in [2.05, 4.69) is 5.32 Å². The van der Waals surface area contributed by atoms with Crippen molar-refractivity contribution in [1.82, 2.24) is 19.7 Å². The summed E-state index contributed by atoms with van der Waals surface area (Å²) in [5.74, 6) is 0.182. The number of nitrogens with one attached hydrogen (secondary N) is 1. The lowest BCUT2D eigenvalue weighted by atomic mass is 10.1. The maximum Gasteiger partial charge on any atom is 0.318 e. The average molecular weight is 381 g/mol. The molecule has 0 radical (unpaired) electrons. The average Bonchev–Trinajstić information content (AvgIpc) is 2.93. The molecule has 0 aliphatic heterocycles. The first kappa shape index (κ1) is 23.0. The molecule has 7 heteroatoms. The van der Waals surface area contributed by atoms with Crippen molar-refractivity contribution in [2.45, 2.75) is 46.7 Å². The summed E-state index contributed by atoms with van der Waals surface area (Å²) in [6.45, 7) is 11.9. The first-order valence-corrected chi connectivity index (χ1v) is 9.47. The van der Waals surface area contributed by atoms with Gasteiger partial charge < -0.3 is 24.4 Å². The number of urea groups is 1. The molecule has 27 heavy (non-hydrogen) atoms. The molecule has 1 aromatic heterocycles. The SMILES string of the molecule is COCCN(Cc1cccn1C)C(=O)CN(CC(C)C)C(=O)NC(C)(C)C. The van der Waals surface area contributed by atoms with Gasteiger partial charge in [0.05, 0.1) is 13.2 Å². The molecule has 0 fully saturated rings. The fraction of sp³-hybridized carbons (Fsp3) is 0.700. The third-order valence-corrected chi connectivity index (χ3v) is 4.00. The zero-order valence-corrected chi connectivity index (χ0v) is 17.9. The number of rotatable bonds is 9. The maximum atomic E-state index is 13.0. The van der Waals surface area contributed by atoms with E-state index in [0.717, 1.165) is 5.69 Å². The van der Waals surface area contributed by atoms with Crippen LogP contribution in [0.4, 0.5) is 4.79 Å². The Morgan fingerprint density at radius 3 is 2.41 bits per heavy atom. The summed E-state index contributed by atoms with van der Waals surface area (Å²) < 4.78 is 7.15. The Bertz CT molecular complexity index is 605. The molecule has 3 amide bonds. The molecule has 0 aromatic carbocycles. The largest absolute Gasteiger partial charge is 0.383 e. The fourth-order valence-corrected chi connectivity index (χ4v) is 2.67. The Labute approximate surface area is 163 Å². The van der Waals surface area contributed by atoms with Crippen LogP contribution in [0.25, 0.3) is 0 Å². The standard InChI is InChI=1S/C20H36N4O3/c1-16(2)13-24(19(26)21-20(3,4)5)15-18(25)23(11-12-27-7)14-17-9-8-10-22(17)6/h8-10,16H,11-15H2,1-7H3,(H,21,26). The Morgan fingerprint density at radius 2 is 1.93 bits per heavy atom. The lowest BCUT2D eigenvalue weighted by Gasteiger charge is -2.31. The highest BCUT2D eigenvalue weighted by Crippen LogP contribution is 2.09. The highest BCUT2D eigenvalue weighted by Gasteiger charge is 2.25. The van der Waals surface area contributed by atoms with E-state index in [1.54, 1.807) is 16.9 Å². The Balaban J connectivity index is 2.88. The monoisotopic (exact) mass is 380 g/mol. The van der Waals surface area contributed by atoms with Crippen molar-refractivity contribution in [2.24, 2.45) is 13.0 Å². The Hall–Kier alpha value is -2.02. The Morgan fingerprint density at radius 1 is 1.26 bits per heavy atom. The van der Waals surface area contributed by atoms with E-state index in [4.69, 9.17) is 4.74 Å². The van der Waals surface area contributed by atoms with Crippen LogP contribution in [-0.2, 0) is 23.1 Å². The fourth-order valence-electron chi connectivity index (χ4n) is 2.67. The van der Waals surface area contributed by atoms with E-state index < -0.39 is 0 Å². The van der Waals surface area contributed by atoms with E-state index in [1.807, 2.05) is 64.6 Å². The quantitative estimate of drug-likeness (QED) is 0.716. The van der Waals surface area contributed by atoms with Crippen molar-refractivity contribution in [2.75, 3.05) is 33.4 Å². The molecule has 0 saturated heterocycles. The summed E-state index contributed by atoms with van der Waals surface area (Å²) in [6.07, 6.45) is 1.95. The third-order valence-electron chi connectivity index (χ3n) is 4.00. The number of aromatic nitrogens is 1. The van der Waals surface area contributed by atoms with Gasteiger partial charge in [-0.25, -0.2) is 4.79 Å². The predicted molar refractivity (Wildman–Crippen MR) is 107 cm³/mol. The van der Waals surface area contributed by atoms with Gasteiger partial charge in [-0.2, -0.15) is 0 Å². The van der Waals surface area contributed by atoms with Crippen molar-refractivity contribution in [3.63, 3.8) is 0 Å². The maximum absolute atomic E-state index is 13.0. The number of hydrogen-bond donors (Lipinski definition) is 1. The highest BCUT2D eigenvalue weighted by atomic mass is 16.5. The van der Waals surface area contributed by atoms with Crippen LogP contribution in [-0.4, -0.2) is 65.2 Å². The van der Waals surface area contributed by atoms with Gasteiger partial charge in [0.15, 0.2) is 0 Å². The number of hydrogen-bond acceptors (Lipinski definition) is 3. The van der Waals surface area contributed by atoms with Crippen LogP contribution < -0.4 is 5.32 Å². The summed E-state index contributed by atoms with van der Waals surface area (Å²) in [4.78, 5) is 29.0. The van der Waals surface area contributed by atoms with Gasteiger partial charge in [-0.05, 0) is 38.8 Å². The van der Waals surface area contributed by atoms with Crippen LogP contribution in [0.3, 0.4) is 0 Å². The minimum atomic E-state index is -0.353. The molecule has 0 atom stereocenters. The van der Waals surface area contributed by atoms with Gasteiger partial charge in [0.25, 0.3) is 0 Å². The number of aryl methyl sites for hydroxylation is 1. The molecular weight excluding hydrogens is 344 g/mol. The zero-order valence-electron chi connectivity index (χ0n) is 17.9. The predicted octanol–water partition coefficient (Wildman–Crippen LogP) is 2.47. The minimum absolute atomic E-state index is 0.0498. The molecule has 1 rings (SSSR count). The number of nitrogens with zero attached hydrogens (tertiary/aromatic N) is 3. The lowest BCUT2D eigenvalue weighted by Crippen LogP contribution is -2.52. The van der Waals surface area contributed by atoms with Crippen molar-refractivity contribution in [1.29, 1.82) is 0 Å². The smallest absolute Gasteiger partial charge is 0.318 e. The van der Waals surface area contributed by atoms with E-state index in [-0.39, 0.29) is 29.9 Å². The Kier molecular flexibility index (Phi) is 8.82. The molecular formula is C20H36N4O3. The van der Waals surface area contributed by atoms with Gasteiger partial charge in [-0.15, -0.1) is 0 Å². The first-order chi connectivity index (χ1) is 12.5. The number of carbonyl (C=O) groups is 2. The van der Waals surface area contributed by atoms with Crippen LogP contribution in [0.1, 0.15) is 40.3 Å². The molecule has 1 heterocycles. The minimum Gasteiger partial charge on any atom is -0.383 e. The lowest BCUT2D eigenvalue weighted by molar-refractivity contribution is -0.133. The molecule has 0 spiro atoms. The molecule has 1 aromatic rings. The summed E-state index contributed by atoms with van der Waals surface area (Å²) in [5.41, 5.74) is 0.683. The number of carbonyl (C=O) groups excluding carboxylic acids is 2. The van der Waals surface area contributed by atoms with Crippen LogP contribution in [0.2, 0.25) is 0 Å². The second-order valence-electron chi connectivity index (χ2n) is 8.37. The second kappa shape index (κ2) is 10.3. The molecule has 0 aliphatic rings. The molecule has 154 valence electrons. The van der Waals surface area contributed by atoms with E-state index in [0.29, 0.717) is 26.2 Å². The van der Waals surface area contributed by atoms with Gasteiger partial charge in [0, 0.05) is 44.7 Å². The van der Waals surface area contributed by atoms with Gasteiger partial charge >= 0.3 is 6.03 Å². The van der Waals surface area contributed by atoms with Gasteiger partial charge in [-0.1, -0.05) is 13.8 Å². The van der Waals surface area contributed by atoms with Crippen molar-refractivity contribution < 1.29 is 14.3 Å². The van der Waals surface area contributed by atoms with Gasteiger partial charge in [0.1, 0.15) is 6.54 Å². The first-order valence-electron chi connectivity index (χ1n) is 9.47. The molecule has 0 unspecified atom stereocenters. The summed E-state index contributed by atoms with van der Waals surface area (Å²) in [5, 5.41) is 2.95. The number of methoxy groups -OCH3 is 1. The second-order valence-corrected chi connectivity index (χ2v) is 8.37. The number of ether oxygens (including phenoxy) is 1. The van der Waals surface area contributed by atoms with Gasteiger partial charge in [-0.3, -0.25) is 4.79 Å². The van der Waals surface area contributed by atoms with Crippen molar-refractivity contribution in [3.8, 4) is 0 Å². The number of amides is 3. The van der Waals surface area contributed by atoms with Crippen LogP contribution in [0, 0.1) is 5.92 Å². The van der Waals surface area contributed by atoms with E-state index in [9.17, 15) is 9.59 Å². The normalized spacial score (nSPS) is 11.6. The van der Waals surface area contributed by atoms with Crippen LogP contribution in [0.5, 0.6) is 0 Å². The van der Waals surface area contributed by atoms with Gasteiger partial charge in [0.2, 0.25) is 5.91 Å². The topological polar surface area (TPSA) is 66.8 Å². The summed E-state index contributed by atoms with van der Waals surface area (Å²) >= 11 is 0. The molecule has 1 N–H and O–H groups in total. The molecule has 7 nitrogen and oxygen atoms in total. The van der Waals surface area contributed by atoms with E-state index >= 15 is 0 Å². The van der Waals surface area contributed by atoms with E-state index in [1.165, 1.54) is 0 Å². The van der Waals surface area contributed by atoms with Crippen molar-refractivity contribution >= 4 is 11.9 Å². The van der Waals surface area contributed by atoms with Crippen LogP contribution in [0.15, 0.2) is 18.3 Å². The molecule has 0 saturated carbocycles. The summed E-state index contributed by atoms with van der Waals surface area (Å²) in [7, 11) is 3.57. The van der Waals surface area contributed by atoms with Crippen LogP contribution >= 0.6 is 0 Å².